The van der Waals surface area contributed by atoms with Crippen molar-refractivity contribution in [3.63, 3.8) is 0 Å². The highest BCUT2D eigenvalue weighted by molar-refractivity contribution is 8.00. The van der Waals surface area contributed by atoms with E-state index < -0.39 is 0 Å². The van der Waals surface area contributed by atoms with Gasteiger partial charge in [0.25, 0.3) is 0 Å². The minimum absolute atomic E-state index is 0.0491. The number of benzene rings is 2. The van der Waals surface area contributed by atoms with Gasteiger partial charge in [0.15, 0.2) is 10.8 Å². The molecular weight excluding hydrogens is 454 g/mol. The summed E-state index contributed by atoms with van der Waals surface area (Å²) in [5.74, 6) is 1.00. The number of ether oxygens (including phenoxy) is 1. The van der Waals surface area contributed by atoms with E-state index in [9.17, 15) is 4.79 Å². The summed E-state index contributed by atoms with van der Waals surface area (Å²) in [4.78, 5) is 28.3. The monoisotopic (exact) mass is 477 g/mol. The molecule has 0 radical (unpaired) electrons. The van der Waals surface area contributed by atoms with Crippen molar-refractivity contribution in [1.29, 1.82) is 0 Å². The van der Waals surface area contributed by atoms with Crippen LogP contribution in [0.5, 0.6) is 5.75 Å². The van der Waals surface area contributed by atoms with Gasteiger partial charge in [0.2, 0.25) is 5.91 Å². The van der Waals surface area contributed by atoms with Gasteiger partial charge in [-0.15, -0.1) is 0 Å². The maximum atomic E-state index is 12.4. The van der Waals surface area contributed by atoms with Gasteiger partial charge in [0.05, 0.1) is 12.9 Å². The van der Waals surface area contributed by atoms with Crippen molar-refractivity contribution in [1.82, 2.24) is 20.3 Å². The van der Waals surface area contributed by atoms with Crippen molar-refractivity contribution in [3.8, 4) is 5.75 Å². The van der Waals surface area contributed by atoms with E-state index in [0.717, 1.165) is 45.7 Å². The van der Waals surface area contributed by atoms with E-state index in [0.29, 0.717) is 12.2 Å². The number of anilines is 1. The highest BCUT2D eigenvalue weighted by Gasteiger charge is 2.21. The number of amides is 1. The summed E-state index contributed by atoms with van der Waals surface area (Å²) < 4.78 is 6.16. The Bertz CT molecular complexity index is 1290. The molecule has 2 aromatic carbocycles. The Morgan fingerprint density at radius 2 is 2.06 bits per heavy atom. The van der Waals surface area contributed by atoms with E-state index in [1.807, 2.05) is 24.3 Å². The Kier molecular flexibility index (Phi) is 6.41. The van der Waals surface area contributed by atoms with E-state index in [-0.39, 0.29) is 11.7 Å². The number of nitrogens with one attached hydrogen (secondary N) is 1. The fourth-order valence-electron chi connectivity index (χ4n) is 3.79. The van der Waals surface area contributed by atoms with Crippen LogP contribution >= 0.6 is 23.1 Å². The standard InChI is InChI=1S/C24H23N5O2S2/c1-31-19-8-4-5-16(11-19)12-25-20(30)14-32-23-21-22(26-15-27-23)28-24(33-21)29-10-9-17-6-2-3-7-18(17)13-29/h2-8,11,15H,9-10,12-14H2,1H3,(H,25,30). The van der Waals surface area contributed by atoms with Crippen LogP contribution < -0.4 is 15.0 Å². The van der Waals surface area contributed by atoms with Crippen LogP contribution in [0.4, 0.5) is 5.13 Å². The van der Waals surface area contributed by atoms with Crippen LogP contribution in [0.2, 0.25) is 0 Å². The Balaban J connectivity index is 1.24. The first kappa shape index (κ1) is 21.7. The molecule has 3 heterocycles. The summed E-state index contributed by atoms with van der Waals surface area (Å²) in [5.41, 5.74) is 4.43. The third-order valence-corrected chi connectivity index (χ3v) is 7.74. The normalized spacial score (nSPS) is 13.1. The summed E-state index contributed by atoms with van der Waals surface area (Å²) in [6.45, 7) is 2.23. The van der Waals surface area contributed by atoms with Gasteiger partial charge in [0.1, 0.15) is 21.8 Å². The molecule has 1 amide bonds. The highest BCUT2D eigenvalue weighted by atomic mass is 32.2. The van der Waals surface area contributed by atoms with Crippen LogP contribution in [0.3, 0.4) is 0 Å². The lowest BCUT2D eigenvalue weighted by atomic mass is 10.0. The molecule has 168 valence electrons. The summed E-state index contributed by atoms with van der Waals surface area (Å²) in [6, 6.07) is 16.2. The molecule has 0 fully saturated rings. The van der Waals surface area contributed by atoms with Crippen LogP contribution in [-0.4, -0.2) is 40.3 Å². The summed E-state index contributed by atoms with van der Waals surface area (Å²) in [6.07, 6.45) is 2.53. The predicted octanol–water partition coefficient (Wildman–Crippen LogP) is 4.07. The summed E-state index contributed by atoms with van der Waals surface area (Å²) >= 11 is 3.01. The van der Waals surface area contributed by atoms with Crippen molar-refractivity contribution in [3.05, 3.63) is 71.5 Å². The molecule has 0 saturated carbocycles. The minimum atomic E-state index is -0.0491. The molecule has 4 aromatic rings. The average molecular weight is 478 g/mol. The fourth-order valence-corrected chi connectivity index (χ4v) is 5.73. The molecule has 33 heavy (non-hydrogen) atoms. The van der Waals surface area contributed by atoms with Crippen LogP contribution in [0.15, 0.2) is 59.9 Å². The number of thioether (sulfide) groups is 1. The summed E-state index contributed by atoms with van der Waals surface area (Å²) in [7, 11) is 1.63. The maximum Gasteiger partial charge on any atom is 0.230 e. The molecule has 1 N–H and O–H groups in total. The second kappa shape index (κ2) is 9.76. The van der Waals surface area contributed by atoms with Gasteiger partial charge in [0, 0.05) is 19.6 Å². The molecular formula is C24H23N5O2S2. The number of thiazole rings is 1. The molecule has 0 unspecified atom stereocenters. The largest absolute Gasteiger partial charge is 0.497 e. The summed E-state index contributed by atoms with van der Waals surface area (Å²) in [5, 5.41) is 4.69. The zero-order valence-corrected chi connectivity index (χ0v) is 19.8. The van der Waals surface area contributed by atoms with Gasteiger partial charge >= 0.3 is 0 Å². The van der Waals surface area contributed by atoms with Crippen molar-refractivity contribution in [2.45, 2.75) is 24.5 Å². The van der Waals surface area contributed by atoms with Gasteiger partial charge in [-0.25, -0.2) is 9.97 Å². The van der Waals surface area contributed by atoms with Gasteiger partial charge in [-0.05, 0) is 35.2 Å². The Labute approximate surface area is 200 Å². The molecule has 2 aromatic heterocycles. The van der Waals surface area contributed by atoms with Crippen molar-refractivity contribution >= 4 is 44.5 Å². The lowest BCUT2D eigenvalue weighted by Crippen LogP contribution is -2.30. The lowest BCUT2D eigenvalue weighted by Gasteiger charge is -2.28. The topological polar surface area (TPSA) is 80.2 Å². The molecule has 0 saturated heterocycles. The number of hydrogen-bond donors (Lipinski definition) is 1. The van der Waals surface area contributed by atoms with E-state index >= 15 is 0 Å². The smallest absolute Gasteiger partial charge is 0.230 e. The number of hydrogen-bond acceptors (Lipinski definition) is 8. The molecule has 0 aliphatic carbocycles. The van der Waals surface area contributed by atoms with Gasteiger partial charge < -0.3 is 15.0 Å². The minimum Gasteiger partial charge on any atom is -0.497 e. The number of methoxy groups -OCH3 is 1. The van der Waals surface area contributed by atoms with Gasteiger partial charge in [-0.2, -0.15) is 4.98 Å². The second-order valence-corrected chi connectivity index (χ2v) is 9.63. The molecule has 0 spiro atoms. The number of rotatable bonds is 7. The van der Waals surface area contributed by atoms with Crippen LogP contribution in [-0.2, 0) is 24.3 Å². The predicted molar refractivity (Wildman–Crippen MR) is 132 cm³/mol. The molecule has 9 heteroatoms. The third kappa shape index (κ3) is 4.94. The van der Waals surface area contributed by atoms with Gasteiger partial charge in [-0.3, -0.25) is 4.79 Å². The Morgan fingerprint density at radius 1 is 1.18 bits per heavy atom. The quantitative estimate of drug-likeness (QED) is 0.317. The lowest BCUT2D eigenvalue weighted by molar-refractivity contribution is -0.118. The molecule has 1 aliphatic heterocycles. The number of nitrogens with zero attached hydrogens (tertiary/aromatic N) is 4. The third-order valence-electron chi connectivity index (χ3n) is 5.51. The van der Waals surface area contributed by atoms with E-state index in [4.69, 9.17) is 9.72 Å². The maximum absolute atomic E-state index is 12.4. The van der Waals surface area contributed by atoms with Gasteiger partial charge in [-0.1, -0.05) is 59.5 Å². The number of fused-ring (bicyclic) bond motifs is 2. The molecule has 7 nitrogen and oxygen atoms in total. The number of aromatic nitrogens is 3. The van der Waals surface area contributed by atoms with Crippen LogP contribution in [0.1, 0.15) is 16.7 Å². The van der Waals surface area contributed by atoms with Crippen LogP contribution in [0.25, 0.3) is 10.3 Å². The molecule has 5 rings (SSSR count). The van der Waals surface area contributed by atoms with E-state index in [2.05, 4.69) is 44.5 Å². The zero-order valence-electron chi connectivity index (χ0n) is 18.2. The second-order valence-electron chi connectivity index (χ2n) is 7.69. The first-order valence-corrected chi connectivity index (χ1v) is 12.5. The Hall–Kier alpha value is -3.17. The first-order valence-electron chi connectivity index (χ1n) is 10.7. The highest BCUT2D eigenvalue weighted by Crippen LogP contribution is 2.35. The average Bonchev–Trinajstić information content (AvgIpc) is 3.31. The van der Waals surface area contributed by atoms with Crippen molar-refractivity contribution < 1.29 is 9.53 Å². The van der Waals surface area contributed by atoms with Crippen molar-refractivity contribution in [2.75, 3.05) is 24.3 Å². The zero-order chi connectivity index (χ0) is 22.6. The molecule has 0 atom stereocenters. The number of carbonyl (C=O) groups excluding carboxylic acids is 1. The SMILES string of the molecule is COc1cccc(CNC(=O)CSc2ncnc3nc(N4CCc5ccccc5C4)sc23)c1. The van der Waals surface area contributed by atoms with E-state index in [1.165, 1.54) is 29.2 Å². The van der Waals surface area contributed by atoms with Crippen molar-refractivity contribution in [2.24, 2.45) is 0 Å². The fraction of sp³-hybridized carbons (Fsp3) is 0.250. The Morgan fingerprint density at radius 3 is 2.94 bits per heavy atom. The molecule has 1 aliphatic rings. The number of carbonyl (C=O) groups is 1. The van der Waals surface area contributed by atoms with Crippen LogP contribution in [0, 0.1) is 0 Å². The first-order chi connectivity index (χ1) is 16.2. The van der Waals surface area contributed by atoms with E-state index in [1.54, 1.807) is 18.4 Å². The molecule has 0 bridgehead atoms.